The van der Waals surface area contributed by atoms with E-state index in [1.54, 1.807) is 23.8 Å². The summed E-state index contributed by atoms with van der Waals surface area (Å²) in [6.07, 6.45) is 4.68. The summed E-state index contributed by atoms with van der Waals surface area (Å²) in [7, 11) is 0. The Bertz CT molecular complexity index is 959. The molecular formula is C20H21Cl2N3O2. The summed E-state index contributed by atoms with van der Waals surface area (Å²) in [6, 6.07) is 9.53. The number of hydrogen-bond acceptors (Lipinski definition) is 2. The van der Waals surface area contributed by atoms with Crippen LogP contribution in [0.2, 0.25) is 10.3 Å². The Morgan fingerprint density at radius 2 is 1.89 bits per heavy atom. The van der Waals surface area contributed by atoms with Gasteiger partial charge in [-0.05, 0) is 42.7 Å². The third-order valence-electron chi connectivity index (χ3n) is 4.55. The number of carboxylic acids is 1. The van der Waals surface area contributed by atoms with Gasteiger partial charge in [0, 0.05) is 18.3 Å². The van der Waals surface area contributed by atoms with Gasteiger partial charge in [-0.3, -0.25) is 0 Å². The van der Waals surface area contributed by atoms with E-state index in [2.05, 4.69) is 11.9 Å². The molecule has 5 nitrogen and oxygen atoms in total. The van der Waals surface area contributed by atoms with Crippen LogP contribution in [0.4, 0.5) is 0 Å². The van der Waals surface area contributed by atoms with Crippen LogP contribution in [0, 0.1) is 6.92 Å². The van der Waals surface area contributed by atoms with Gasteiger partial charge in [0.05, 0.1) is 6.54 Å². The number of rotatable bonds is 7. The van der Waals surface area contributed by atoms with Crippen LogP contribution < -0.4 is 0 Å². The predicted molar refractivity (Wildman–Crippen MR) is 107 cm³/mol. The Morgan fingerprint density at radius 3 is 2.52 bits per heavy atom. The summed E-state index contributed by atoms with van der Waals surface area (Å²) >= 11 is 12.4. The molecule has 0 aliphatic heterocycles. The minimum Gasteiger partial charge on any atom is -0.477 e. The third-order valence-corrected chi connectivity index (χ3v) is 5.29. The lowest BCUT2D eigenvalue weighted by Gasteiger charge is -2.11. The summed E-state index contributed by atoms with van der Waals surface area (Å²) in [6.45, 7) is 4.48. The van der Waals surface area contributed by atoms with Crippen LogP contribution in [-0.2, 0) is 13.0 Å². The number of imidazole rings is 1. The zero-order valence-corrected chi connectivity index (χ0v) is 16.8. The molecule has 3 aromatic rings. The number of halogens is 2. The fourth-order valence-corrected chi connectivity index (χ4v) is 3.49. The van der Waals surface area contributed by atoms with Crippen molar-refractivity contribution in [2.24, 2.45) is 0 Å². The first-order valence-corrected chi connectivity index (χ1v) is 9.59. The Hall–Kier alpha value is -2.24. The van der Waals surface area contributed by atoms with Gasteiger partial charge in [-0.25, -0.2) is 9.78 Å². The van der Waals surface area contributed by atoms with Crippen LogP contribution in [0.1, 0.15) is 47.2 Å². The van der Waals surface area contributed by atoms with Gasteiger partial charge in [0.2, 0.25) is 0 Å². The van der Waals surface area contributed by atoms with E-state index in [0.29, 0.717) is 16.9 Å². The minimum absolute atomic E-state index is 0.272. The van der Waals surface area contributed by atoms with E-state index in [0.717, 1.165) is 41.9 Å². The number of nitrogens with zero attached hydrogens (tertiary/aromatic N) is 3. The van der Waals surface area contributed by atoms with Crippen molar-refractivity contribution >= 4 is 29.2 Å². The van der Waals surface area contributed by atoms with E-state index in [4.69, 9.17) is 23.2 Å². The molecule has 0 spiro atoms. The van der Waals surface area contributed by atoms with Crippen LogP contribution in [0.25, 0.3) is 5.69 Å². The highest BCUT2D eigenvalue weighted by atomic mass is 35.5. The monoisotopic (exact) mass is 405 g/mol. The summed E-state index contributed by atoms with van der Waals surface area (Å²) in [5.41, 5.74) is 2.83. The van der Waals surface area contributed by atoms with Gasteiger partial charge >= 0.3 is 5.97 Å². The van der Waals surface area contributed by atoms with Crippen molar-refractivity contribution in [3.63, 3.8) is 0 Å². The Morgan fingerprint density at radius 1 is 1.19 bits per heavy atom. The van der Waals surface area contributed by atoms with Gasteiger partial charge < -0.3 is 14.2 Å². The highest BCUT2D eigenvalue weighted by Gasteiger charge is 2.16. The topological polar surface area (TPSA) is 60.0 Å². The average Bonchev–Trinajstić information content (AvgIpc) is 3.15. The van der Waals surface area contributed by atoms with Gasteiger partial charge in [0.25, 0.3) is 0 Å². The first-order valence-electron chi connectivity index (χ1n) is 8.83. The quantitative estimate of drug-likeness (QED) is 0.573. The summed E-state index contributed by atoms with van der Waals surface area (Å²) in [5, 5.41) is 10.2. The van der Waals surface area contributed by atoms with Gasteiger partial charge in [-0.2, -0.15) is 0 Å². The van der Waals surface area contributed by atoms with E-state index in [-0.39, 0.29) is 5.69 Å². The molecule has 2 aromatic heterocycles. The third kappa shape index (κ3) is 4.04. The second-order valence-corrected chi connectivity index (χ2v) is 7.20. The fraction of sp³-hybridized carbons (Fsp3) is 0.300. The summed E-state index contributed by atoms with van der Waals surface area (Å²) in [4.78, 5) is 15.9. The van der Waals surface area contributed by atoms with Crippen LogP contribution in [0.3, 0.4) is 0 Å². The van der Waals surface area contributed by atoms with Gasteiger partial charge in [-0.15, -0.1) is 0 Å². The van der Waals surface area contributed by atoms with E-state index in [9.17, 15) is 9.90 Å². The van der Waals surface area contributed by atoms with E-state index in [1.165, 1.54) is 0 Å². The van der Waals surface area contributed by atoms with Crippen molar-refractivity contribution in [2.45, 2.75) is 39.7 Å². The molecule has 0 aliphatic carbocycles. The molecule has 0 radical (unpaired) electrons. The zero-order valence-electron chi connectivity index (χ0n) is 15.2. The molecule has 27 heavy (non-hydrogen) atoms. The number of benzene rings is 1. The van der Waals surface area contributed by atoms with Gasteiger partial charge in [-0.1, -0.05) is 48.7 Å². The van der Waals surface area contributed by atoms with Crippen molar-refractivity contribution in [3.8, 4) is 5.69 Å². The molecule has 0 bridgehead atoms. The molecule has 0 aliphatic rings. The SMILES string of the molecule is CCCCc1nc(Cl)c(Cl)n1Cc1ccc(-n2ccc(C)c2C(=O)O)cc1. The number of aryl methyl sites for hydroxylation is 2. The predicted octanol–water partition coefficient (Wildman–Crippen LogP) is 5.38. The standard InChI is InChI=1S/C20H21Cl2N3O2/c1-3-4-5-16-23-18(21)19(22)25(16)12-14-6-8-15(9-7-14)24-11-10-13(2)17(24)20(26)27/h6-11H,3-5,12H2,1-2H3,(H,26,27). The lowest BCUT2D eigenvalue weighted by molar-refractivity contribution is 0.0687. The van der Waals surface area contributed by atoms with Crippen molar-refractivity contribution in [1.29, 1.82) is 0 Å². The molecule has 1 aromatic carbocycles. The van der Waals surface area contributed by atoms with Crippen LogP contribution in [0.5, 0.6) is 0 Å². The normalized spacial score (nSPS) is 11.1. The van der Waals surface area contributed by atoms with E-state index < -0.39 is 5.97 Å². The van der Waals surface area contributed by atoms with Crippen molar-refractivity contribution in [2.75, 3.05) is 0 Å². The number of hydrogen-bond donors (Lipinski definition) is 1. The maximum Gasteiger partial charge on any atom is 0.353 e. The molecule has 0 saturated heterocycles. The number of carboxylic acid groups (broad SMARTS) is 1. The maximum atomic E-state index is 11.5. The Balaban J connectivity index is 1.86. The molecule has 0 saturated carbocycles. The first kappa shape index (κ1) is 19.5. The van der Waals surface area contributed by atoms with Gasteiger partial charge in [0.1, 0.15) is 16.7 Å². The highest BCUT2D eigenvalue weighted by Crippen LogP contribution is 2.25. The molecule has 7 heteroatoms. The smallest absolute Gasteiger partial charge is 0.353 e. The molecule has 2 heterocycles. The molecule has 0 atom stereocenters. The van der Waals surface area contributed by atoms with E-state index in [1.807, 2.05) is 28.8 Å². The number of aromatic carboxylic acids is 1. The second-order valence-electron chi connectivity index (χ2n) is 6.49. The molecular weight excluding hydrogens is 385 g/mol. The summed E-state index contributed by atoms with van der Waals surface area (Å²) < 4.78 is 3.60. The molecule has 0 amide bonds. The number of aromatic nitrogens is 3. The highest BCUT2D eigenvalue weighted by molar-refractivity contribution is 6.40. The average molecular weight is 406 g/mol. The first-order chi connectivity index (χ1) is 12.9. The lowest BCUT2D eigenvalue weighted by atomic mass is 10.2. The maximum absolute atomic E-state index is 11.5. The fourth-order valence-electron chi connectivity index (χ4n) is 3.09. The van der Waals surface area contributed by atoms with Crippen LogP contribution in [-0.4, -0.2) is 25.2 Å². The summed E-state index contributed by atoms with van der Waals surface area (Å²) in [5.74, 6) is -0.0629. The second kappa shape index (κ2) is 8.19. The minimum atomic E-state index is -0.943. The lowest BCUT2D eigenvalue weighted by Crippen LogP contribution is -2.08. The zero-order chi connectivity index (χ0) is 19.6. The molecule has 0 fully saturated rings. The Labute approximate surface area is 168 Å². The molecule has 142 valence electrons. The number of carbonyl (C=O) groups is 1. The molecule has 1 N–H and O–H groups in total. The number of unbranched alkanes of at least 4 members (excludes halogenated alkanes) is 1. The Kier molecular flexibility index (Phi) is 5.92. The van der Waals surface area contributed by atoms with Crippen molar-refractivity contribution in [1.82, 2.24) is 14.1 Å². The van der Waals surface area contributed by atoms with Gasteiger partial charge in [0.15, 0.2) is 5.15 Å². The van der Waals surface area contributed by atoms with Crippen LogP contribution >= 0.6 is 23.2 Å². The van der Waals surface area contributed by atoms with Crippen LogP contribution in [0.15, 0.2) is 36.5 Å². The largest absolute Gasteiger partial charge is 0.477 e. The van der Waals surface area contributed by atoms with Crippen molar-refractivity contribution in [3.05, 3.63) is 69.5 Å². The molecule has 3 rings (SSSR count). The molecule has 0 unspecified atom stereocenters. The van der Waals surface area contributed by atoms with Crippen molar-refractivity contribution < 1.29 is 9.90 Å². The van der Waals surface area contributed by atoms with E-state index >= 15 is 0 Å².